The van der Waals surface area contributed by atoms with Crippen molar-refractivity contribution in [3.8, 4) is 0 Å². The van der Waals surface area contributed by atoms with Gasteiger partial charge in [0.15, 0.2) is 23.3 Å². The van der Waals surface area contributed by atoms with Crippen LogP contribution in [0.15, 0.2) is 30.3 Å². The third kappa shape index (κ3) is 2.70. The molecule has 3 aromatic rings. The summed E-state index contributed by atoms with van der Waals surface area (Å²) in [6, 6.07) is 6.75. The van der Waals surface area contributed by atoms with Crippen LogP contribution < -0.4 is 5.32 Å². The van der Waals surface area contributed by atoms with Gasteiger partial charge in [0.25, 0.3) is 5.91 Å². The highest BCUT2D eigenvalue weighted by Gasteiger charge is 2.24. The molecule has 1 atom stereocenters. The number of rotatable bonds is 3. The van der Waals surface area contributed by atoms with E-state index in [1.807, 2.05) is 0 Å². The Morgan fingerprint density at radius 1 is 1.12 bits per heavy atom. The Hall–Kier alpha value is -2.90. The number of hydrogen-bond acceptors (Lipinski definition) is 2. The monoisotopic (exact) mass is 337 g/mol. The van der Waals surface area contributed by atoms with Crippen molar-refractivity contribution in [1.29, 1.82) is 0 Å². The zero-order chi connectivity index (χ0) is 17.4. The Balaban J connectivity index is 1.86. The zero-order valence-corrected chi connectivity index (χ0v) is 12.3. The van der Waals surface area contributed by atoms with Crippen molar-refractivity contribution in [2.45, 2.75) is 13.0 Å². The highest BCUT2D eigenvalue weighted by molar-refractivity contribution is 5.94. The minimum atomic E-state index is -2.03. The largest absolute Gasteiger partial charge is 0.342 e. The molecular weight excluding hydrogens is 326 g/mol. The van der Waals surface area contributed by atoms with E-state index in [0.29, 0.717) is 17.4 Å². The maximum atomic E-state index is 13.6. The molecule has 1 aromatic heterocycles. The summed E-state index contributed by atoms with van der Waals surface area (Å²) in [4.78, 5) is 19.3. The van der Waals surface area contributed by atoms with E-state index in [1.165, 1.54) is 0 Å². The molecule has 2 N–H and O–H groups in total. The first-order valence-electron chi connectivity index (χ1n) is 6.97. The summed E-state index contributed by atoms with van der Waals surface area (Å²) in [6.45, 7) is 1.56. The Morgan fingerprint density at radius 2 is 1.83 bits per heavy atom. The zero-order valence-electron chi connectivity index (χ0n) is 12.3. The summed E-state index contributed by atoms with van der Waals surface area (Å²) in [5.74, 6) is -8.09. The first kappa shape index (κ1) is 16.0. The van der Waals surface area contributed by atoms with Crippen molar-refractivity contribution in [1.82, 2.24) is 15.3 Å². The van der Waals surface area contributed by atoms with Crippen LogP contribution in [-0.4, -0.2) is 15.9 Å². The van der Waals surface area contributed by atoms with E-state index < -0.39 is 40.8 Å². The molecule has 0 aliphatic rings. The van der Waals surface area contributed by atoms with Gasteiger partial charge in [0.05, 0.1) is 22.6 Å². The maximum absolute atomic E-state index is 13.6. The van der Waals surface area contributed by atoms with E-state index in [2.05, 4.69) is 15.3 Å². The summed E-state index contributed by atoms with van der Waals surface area (Å²) in [5, 5.41) is 2.36. The fourth-order valence-corrected chi connectivity index (χ4v) is 2.26. The second-order valence-electron chi connectivity index (χ2n) is 5.18. The van der Waals surface area contributed by atoms with E-state index in [4.69, 9.17) is 0 Å². The van der Waals surface area contributed by atoms with Crippen LogP contribution in [0.1, 0.15) is 29.1 Å². The molecule has 2 aromatic carbocycles. The Morgan fingerprint density at radius 3 is 2.54 bits per heavy atom. The van der Waals surface area contributed by atoms with Crippen molar-refractivity contribution in [2.75, 3.05) is 0 Å². The van der Waals surface area contributed by atoms with E-state index in [0.717, 1.165) is 5.52 Å². The number of H-pyrrole nitrogens is 1. The van der Waals surface area contributed by atoms with E-state index >= 15 is 0 Å². The van der Waals surface area contributed by atoms with Crippen molar-refractivity contribution in [3.63, 3.8) is 0 Å². The number of amides is 1. The number of imidazole rings is 1. The number of aromatic amines is 1. The SMILES string of the molecule is C[C@@H](NC(=O)c1cc(F)c(F)c(F)c1F)c1nc2ccccc2[nH]1. The molecule has 0 spiro atoms. The topological polar surface area (TPSA) is 57.8 Å². The lowest BCUT2D eigenvalue weighted by Crippen LogP contribution is -2.28. The van der Waals surface area contributed by atoms with Gasteiger partial charge in [0.1, 0.15) is 5.82 Å². The molecule has 0 radical (unpaired) electrons. The van der Waals surface area contributed by atoms with Gasteiger partial charge >= 0.3 is 0 Å². The van der Waals surface area contributed by atoms with Gasteiger partial charge in [-0.05, 0) is 25.1 Å². The molecule has 0 aliphatic carbocycles. The Kier molecular flexibility index (Phi) is 3.96. The number of fused-ring (bicyclic) bond motifs is 1. The Bertz CT molecular complexity index is 905. The predicted molar refractivity (Wildman–Crippen MR) is 78.2 cm³/mol. The molecule has 3 rings (SSSR count). The van der Waals surface area contributed by atoms with Crippen molar-refractivity contribution >= 4 is 16.9 Å². The van der Waals surface area contributed by atoms with Crippen LogP contribution in [-0.2, 0) is 0 Å². The summed E-state index contributed by atoms with van der Waals surface area (Å²) in [6.07, 6.45) is 0. The smallest absolute Gasteiger partial charge is 0.255 e. The third-order valence-corrected chi connectivity index (χ3v) is 3.51. The van der Waals surface area contributed by atoms with Crippen LogP contribution in [0.2, 0.25) is 0 Å². The average molecular weight is 337 g/mol. The first-order valence-corrected chi connectivity index (χ1v) is 6.97. The van der Waals surface area contributed by atoms with Gasteiger partial charge in [0, 0.05) is 0 Å². The molecule has 0 aliphatic heterocycles. The number of halogens is 4. The highest BCUT2D eigenvalue weighted by Crippen LogP contribution is 2.20. The number of carbonyl (C=O) groups is 1. The van der Waals surface area contributed by atoms with Gasteiger partial charge in [0.2, 0.25) is 0 Å². The number of para-hydroxylation sites is 2. The van der Waals surface area contributed by atoms with Crippen molar-refractivity contribution < 1.29 is 22.4 Å². The molecule has 4 nitrogen and oxygen atoms in total. The van der Waals surface area contributed by atoms with Crippen LogP contribution >= 0.6 is 0 Å². The van der Waals surface area contributed by atoms with Gasteiger partial charge in [-0.25, -0.2) is 22.5 Å². The quantitative estimate of drug-likeness (QED) is 0.436. The molecule has 0 saturated heterocycles. The van der Waals surface area contributed by atoms with Crippen LogP contribution in [0.5, 0.6) is 0 Å². The number of nitrogens with one attached hydrogen (secondary N) is 2. The lowest BCUT2D eigenvalue weighted by molar-refractivity contribution is 0.0932. The number of nitrogens with zero attached hydrogens (tertiary/aromatic N) is 1. The predicted octanol–water partition coefficient (Wildman–Crippen LogP) is 3.61. The molecule has 1 heterocycles. The number of benzene rings is 2. The minimum absolute atomic E-state index is 0.314. The molecule has 8 heteroatoms. The maximum Gasteiger partial charge on any atom is 0.255 e. The molecule has 0 fully saturated rings. The minimum Gasteiger partial charge on any atom is -0.342 e. The normalized spacial score (nSPS) is 12.4. The first-order chi connectivity index (χ1) is 11.4. The molecule has 24 heavy (non-hydrogen) atoms. The lowest BCUT2D eigenvalue weighted by Gasteiger charge is -2.12. The van der Waals surface area contributed by atoms with Gasteiger partial charge in [-0.15, -0.1) is 0 Å². The molecule has 0 bridgehead atoms. The standard InChI is InChI=1S/C16H11F4N3O/c1-7(15-22-10-4-2-3-5-11(10)23-15)21-16(24)8-6-9(17)13(19)14(20)12(8)18/h2-7H,1H3,(H,21,24)(H,22,23)/t7-/m1/s1. The number of aromatic nitrogens is 2. The van der Waals surface area contributed by atoms with Crippen LogP contribution in [0.4, 0.5) is 17.6 Å². The fraction of sp³-hybridized carbons (Fsp3) is 0.125. The number of hydrogen-bond donors (Lipinski definition) is 2. The summed E-state index contributed by atoms with van der Waals surface area (Å²) >= 11 is 0. The molecular formula is C16H11F4N3O. The molecule has 1 amide bonds. The summed E-state index contributed by atoms with van der Waals surface area (Å²) in [5.41, 5.74) is 0.478. The number of carbonyl (C=O) groups excluding carboxylic acids is 1. The Labute approximate surface area is 133 Å². The van der Waals surface area contributed by atoms with Gasteiger partial charge in [-0.1, -0.05) is 12.1 Å². The van der Waals surface area contributed by atoms with Crippen LogP contribution in [0.25, 0.3) is 11.0 Å². The van der Waals surface area contributed by atoms with Gasteiger partial charge in [-0.2, -0.15) is 0 Å². The second kappa shape index (κ2) is 5.95. The average Bonchev–Trinajstić information content (AvgIpc) is 3.00. The van der Waals surface area contributed by atoms with Crippen molar-refractivity contribution in [3.05, 3.63) is 65.0 Å². The van der Waals surface area contributed by atoms with Crippen molar-refractivity contribution in [2.24, 2.45) is 0 Å². The molecule has 124 valence electrons. The summed E-state index contributed by atoms with van der Waals surface area (Å²) < 4.78 is 53.0. The highest BCUT2D eigenvalue weighted by atomic mass is 19.2. The fourth-order valence-electron chi connectivity index (χ4n) is 2.26. The van der Waals surface area contributed by atoms with E-state index in [9.17, 15) is 22.4 Å². The molecule has 0 unspecified atom stereocenters. The second-order valence-corrected chi connectivity index (χ2v) is 5.18. The molecule has 0 saturated carbocycles. The van der Waals surface area contributed by atoms with Crippen LogP contribution in [0, 0.1) is 23.3 Å². The lowest BCUT2D eigenvalue weighted by atomic mass is 10.1. The van der Waals surface area contributed by atoms with E-state index in [1.54, 1.807) is 31.2 Å². The van der Waals surface area contributed by atoms with Gasteiger partial charge < -0.3 is 10.3 Å². The van der Waals surface area contributed by atoms with Crippen LogP contribution in [0.3, 0.4) is 0 Å². The third-order valence-electron chi connectivity index (χ3n) is 3.51. The van der Waals surface area contributed by atoms with E-state index in [-0.39, 0.29) is 0 Å². The van der Waals surface area contributed by atoms with Gasteiger partial charge in [-0.3, -0.25) is 4.79 Å². The summed E-state index contributed by atoms with van der Waals surface area (Å²) in [7, 11) is 0.